The summed E-state index contributed by atoms with van der Waals surface area (Å²) in [7, 11) is 0. The molecule has 0 fully saturated rings. The molecule has 22 heavy (non-hydrogen) atoms. The van der Waals surface area contributed by atoms with Crippen molar-refractivity contribution in [3.05, 3.63) is 54.2 Å². The maximum absolute atomic E-state index is 11.9. The molecule has 1 amide bonds. The average Bonchev–Trinajstić information content (AvgIpc) is 2.48. The smallest absolute Gasteiger partial charge is 0.253 e. The lowest BCUT2D eigenvalue weighted by atomic mass is 10.1. The van der Waals surface area contributed by atoms with E-state index in [1.807, 2.05) is 30.3 Å². The van der Waals surface area contributed by atoms with E-state index in [-0.39, 0.29) is 30.7 Å². The van der Waals surface area contributed by atoms with Gasteiger partial charge in [0.15, 0.2) is 0 Å². The van der Waals surface area contributed by atoms with Gasteiger partial charge in [-0.2, -0.15) is 0 Å². The molecule has 120 valence electrons. The largest absolute Gasteiger partial charge is 0.398 e. The second-order valence-corrected chi connectivity index (χ2v) is 5.33. The van der Waals surface area contributed by atoms with Gasteiger partial charge in [0.05, 0.1) is 10.6 Å². The third-order valence-corrected chi connectivity index (χ3v) is 3.73. The van der Waals surface area contributed by atoms with Crippen LogP contribution in [0.25, 0.3) is 0 Å². The summed E-state index contributed by atoms with van der Waals surface area (Å²) in [4.78, 5) is 16.1. The summed E-state index contributed by atoms with van der Waals surface area (Å²) in [6, 6.07) is 12.9. The standard InChI is InChI=1S/C15H17N3OS.2ClH/c16-13-7-2-1-6-12(13)15(19)18-10-5-11-20-14-8-3-4-9-17-14;;/h1-4,6-9H,5,10-11,16H2,(H,18,19);2*1H. The van der Waals surface area contributed by atoms with E-state index in [9.17, 15) is 4.79 Å². The predicted octanol–water partition coefficient (Wildman–Crippen LogP) is 3.42. The lowest BCUT2D eigenvalue weighted by molar-refractivity contribution is 0.0954. The number of nitrogens with one attached hydrogen (secondary N) is 1. The minimum atomic E-state index is -0.120. The van der Waals surface area contributed by atoms with Crippen LogP contribution in [-0.4, -0.2) is 23.2 Å². The van der Waals surface area contributed by atoms with E-state index in [2.05, 4.69) is 10.3 Å². The maximum Gasteiger partial charge on any atom is 0.253 e. The van der Waals surface area contributed by atoms with Gasteiger partial charge in [-0.3, -0.25) is 4.79 Å². The lowest BCUT2D eigenvalue weighted by Gasteiger charge is -2.07. The summed E-state index contributed by atoms with van der Waals surface area (Å²) < 4.78 is 0. The summed E-state index contributed by atoms with van der Waals surface area (Å²) in [5.74, 6) is 0.799. The number of nitrogen functional groups attached to an aromatic ring is 1. The molecular formula is C15H19Cl2N3OS. The molecule has 0 saturated carbocycles. The predicted molar refractivity (Wildman–Crippen MR) is 97.3 cm³/mol. The monoisotopic (exact) mass is 359 g/mol. The number of para-hydroxylation sites is 1. The molecule has 0 bridgehead atoms. The third-order valence-electron chi connectivity index (χ3n) is 2.70. The highest BCUT2D eigenvalue weighted by Crippen LogP contribution is 2.14. The molecular weight excluding hydrogens is 341 g/mol. The number of thioether (sulfide) groups is 1. The van der Waals surface area contributed by atoms with E-state index in [1.165, 1.54) is 0 Å². The zero-order chi connectivity index (χ0) is 14.2. The van der Waals surface area contributed by atoms with Crippen LogP contribution in [0, 0.1) is 0 Å². The molecule has 0 radical (unpaired) electrons. The zero-order valence-electron chi connectivity index (χ0n) is 11.9. The topological polar surface area (TPSA) is 68.0 Å². The summed E-state index contributed by atoms with van der Waals surface area (Å²) in [5.41, 5.74) is 6.79. The number of amides is 1. The van der Waals surface area contributed by atoms with Crippen molar-refractivity contribution < 1.29 is 4.79 Å². The molecule has 0 spiro atoms. The molecule has 3 N–H and O–H groups in total. The quantitative estimate of drug-likeness (QED) is 0.471. The molecule has 1 aromatic carbocycles. The van der Waals surface area contributed by atoms with Gasteiger partial charge in [-0.25, -0.2) is 4.98 Å². The van der Waals surface area contributed by atoms with Crippen LogP contribution >= 0.6 is 36.6 Å². The van der Waals surface area contributed by atoms with E-state index >= 15 is 0 Å². The molecule has 0 atom stereocenters. The molecule has 0 aliphatic heterocycles. The van der Waals surface area contributed by atoms with E-state index in [4.69, 9.17) is 5.73 Å². The molecule has 2 aromatic rings. The van der Waals surface area contributed by atoms with Crippen LogP contribution in [0.15, 0.2) is 53.7 Å². The van der Waals surface area contributed by atoms with Gasteiger partial charge < -0.3 is 11.1 Å². The Morgan fingerprint density at radius 2 is 1.86 bits per heavy atom. The Kier molecular flexibility index (Phi) is 10.5. The van der Waals surface area contributed by atoms with Crippen LogP contribution in [0.3, 0.4) is 0 Å². The Morgan fingerprint density at radius 3 is 2.55 bits per heavy atom. The molecule has 2 rings (SSSR count). The second kappa shape index (κ2) is 11.2. The number of benzene rings is 1. The number of carbonyl (C=O) groups excluding carboxylic acids is 1. The second-order valence-electron chi connectivity index (χ2n) is 4.21. The Morgan fingerprint density at radius 1 is 1.14 bits per heavy atom. The van der Waals surface area contributed by atoms with E-state index in [0.29, 0.717) is 17.8 Å². The minimum absolute atomic E-state index is 0. The fourth-order valence-corrected chi connectivity index (χ4v) is 2.49. The summed E-state index contributed by atoms with van der Waals surface area (Å²) in [5, 5.41) is 3.88. The highest BCUT2D eigenvalue weighted by molar-refractivity contribution is 7.99. The molecule has 7 heteroatoms. The minimum Gasteiger partial charge on any atom is -0.398 e. The molecule has 0 aliphatic carbocycles. The van der Waals surface area contributed by atoms with Crippen molar-refractivity contribution in [3.8, 4) is 0 Å². The van der Waals surface area contributed by atoms with Crippen LogP contribution in [0.4, 0.5) is 5.69 Å². The number of hydrogen-bond donors (Lipinski definition) is 2. The molecule has 4 nitrogen and oxygen atoms in total. The number of anilines is 1. The third kappa shape index (κ3) is 6.56. The van der Waals surface area contributed by atoms with Crippen molar-refractivity contribution >= 4 is 48.2 Å². The van der Waals surface area contributed by atoms with Gasteiger partial charge in [0.25, 0.3) is 5.91 Å². The highest BCUT2D eigenvalue weighted by Gasteiger charge is 2.07. The van der Waals surface area contributed by atoms with Crippen LogP contribution in [-0.2, 0) is 0 Å². The average molecular weight is 360 g/mol. The van der Waals surface area contributed by atoms with E-state index in [0.717, 1.165) is 17.2 Å². The molecule has 1 heterocycles. The van der Waals surface area contributed by atoms with Gasteiger partial charge in [0.1, 0.15) is 0 Å². The maximum atomic E-state index is 11.9. The van der Waals surface area contributed by atoms with Gasteiger partial charge in [0, 0.05) is 24.2 Å². The van der Waals surface area contributed by atoms with Crippen molar-refractivity contribution in [2.24, 2.45) is 0 Å². The number of pyridine rings is 1. The Labute approximate surface area is 147 Å². The Bertz CT molecular complexity index is 570. The van der Waals surface area contributed by atoms with Gasteiger partial charge in [-0.15, -0.1) is 36.6 Å². The molecule has 0 aliphatic rings. The molecule has 0 unspecified atom stereocenters. The first-order valence-electron chi connectivity index (χ1n) is 6.44. The van der Waals surface area contributed by atoms with E-state index in [1.54, 1.807) is 30.1 Å². The van der Waals surface area contributed by atoms with Crippen molar-refractivity contribution in [2.45, 2.75) is 11.4 Å². The number of hydrogen-bond acceptors (Lipinski definition) is 4. The van der Waals surface area contributed by atoms with E-state index < -0.39 is 0 Å². The summed E-state index contributed by atoms with van der Waals surface area (Å²) in [6.45, 7) is 0.632. The first-order valence-corrected chi connectivity index (χ1v) is 7.42. The van der Waals surface area contributed by atoms with Gasteiger partial charge in [-0.05, 0) is 30.7 Å². The van der Waals surface area contributed by atoms with Gasteiger partial charge in [-0.1, -0.05) is 18.2 Å². The number of rotatable bonds is 6. The summed E-state index contributed by atoms with van der Waals surface area (Å²) >= 11 is 1.68. The zero-order valence-corrected chi connectivity index (χ0v) is 14.3. The van der Waals surface area contributed by atoms with Crippen molar-refractivity contribution in [2.75, 3.05) is 18.0 Å². The SMILES string of the molecule is Cl.Cl.Nc1ccccc1C(=O)NCCCSc1ccccn1. The van der Waals surface area contributed by atoms with Crippen LogP contribution in [0.2, 0.25) is 0 Å². The number of halogens is 2. The van der Waals surface area contributed by atoms with Crippen LogP contribution in [0.5, 0.6) is 0 Å². The number of nitrogens with two attached hydrogens (primary N) is 1. The normalized spacial score (nSPS) is 9.27. The van der Waals surface area contributed by atoms with Gasteiger partial charge >= 0.3 is 0 Å². The fraction of sp³-hybridized carbons (Fsp3) is 0.200. The number of nitrogens with zero attached hydrogens (tertiary/aromatic N) is 1. The molecule has 1 aromatic heterocycles. The number of carbonyl (C=O) groups is 1. The Hall–Kier alpha value is -1.43. The Balaban J connectivity index is 0.00000220. The van der Waals surface area contributed by atoms with Crippen LogP contribution in [0.1, 0.15) is 16.8 Å². The van der Waals surface area contributed by atoms with Crippen molar-refractivity contribution in [1.29, 1.82) is 0 Å². The highest BCUT2D eigenvalue weighted by atomic mass is 35.5. The summed E-state index contributed by atoms with van der Waals surface area (Å²) in [6.07, 6.45) is 2.67. The number of aromatic nitrogens is 1. The first kappa shape index (κ1) is 20.6. The van der Waals surface area contributed by atoms with Crippen molar-refractivity contribution in [3.63, 3.8) is 0 Å². The lowest BCUT2D eigenvalue weighted by Crippen LogP contribution is -2.25. The first-order chi connectivity index (χ1) is 9.77. The molecule has 0 saturated heterocycles. The van der Waals surface area contributed by atoms with Gasteiger partial charge in [0.2, 0.25) is 0 Å². The van der Waals surface area contributed by atoms with Crippen LogP contribution < -0.4 is 11.1 Å². The van der Waals surface area contributed by atoms with Crippen molar-refractivity contribution in [1.82, 2.24) is 10.3 Å². The fourth-order valence-electron chi connectivity index (χ4n) is 1.68.